The number of anilines is 1. The lowest BCUT2D eigenvalue weighted by Crippen LogP contribution is -2.39. The Morgan fingerprint density at radius 3 is 2.96 bits per heavy atom. The van der Waals surface area contributed by atoms with Gasteiger partial charge in [0.15, 0.2) is 6.61 Å². The molecule has 1 atom stereocenters. The van der Waals surface area contributed by atoms with Crippen LogP contribution in [-0.4, -0.2) is 54.4 Å². The molecule has 0 unspecified atom stereocenters. The minimum absolute atomic E-state index is 0.0671. The second kappa shape index (κ2) is 6.91. The lowest BCUT2D eigenvalue weighted by atomic mass is 9.93. The van der Waals surface area contributed by atoms with Gasteiger partial charge in [-0.15, -0.1) is 0 Å². The number of hydrogen-bond donors (Lipinski definition) is 3. The molecule has 1 aromatic carbocycles. The quantitative estimate of drug-likeness (QED) is 0.671. The van der Waals surface area contributed by atoms with E-state index in [1.54, 1.807) is 0 Å². The summed E-state index contributed by atoms with van der Waals surface area (Å²) in [6.07, 6.45) is 2.70. The van der Waals surface area contributed by atoms with Gasteiger partial charge in [-0.05, 0) is 31.0 Å². The lowest BCUT2D eigenvalue weighted by molar-refractivity contribution is -0.118. The smallest absolute Gasteiger partial charge is 0.262 e. The fourth-order valence-electron chi connectivity index (χ4n) is 3.57. The number of aromatic nitrogens is 2. The Morgan fingerprint density at radius 2 is 2.18 bits per heavy atom. The first kappa shape index (κ1) is 18.4. The fraction of sp³-hybridized carbons (Fsp3) is 0.353. The Bertz CT molecular complexity index is 1050. The molecule has 4 rings (SSSR count). The molecule has 2 aromatic rings. The summed E-state index contributed by atoms with van der Waals surface area (Å²) < 4.78 is 32.9. The molecule has 148 valence electrons. The number of nitrogens with two attached hydrogens (primary N) is 1. The van der Waals surface area contributed by atoms with Crippen LogP contribution in [0, 0.1) is 0 Å². The average molecular weight is 405 g/mol. The second-order valence-corrected chi connectivity index (χ2v) is 8.70. The maximum absolute atomic E-state index is 13.1. The summed E-state index contributed by atoms with van der Waals surface area (Å²) in [7, 11) is -3.79. The third-order valence-corrected chi connectivity index (χ3v) is 6.81. The third kappa shape index (κ3) is 3.22. The average Bonchev–Trinajstić information content (AvgIpc) is 3.18. The molecule has 3 heterocycles. The maximum atomic E-state index is 13.1. The molecule has 1 fully saturated rings. The zero-order valence-electron chi connectivity index (χ0n) is 14.8. The molecule has 0 bridgehead atoms. The van der Waals surface area contributed by atoms with E-state index in [1.807, 2.05) is 0 Å². The number of nitrogens with zero attached hydrogens (tertiary/aromatic N) is 2. The van der Waals surface area contributed by atoms with Gasteiger partial charge in [0.1, 0.15) is 5.75 Å². The number of carbonyl (C=O) groups excluding carboxylic acids is 2. The van der Waals surface area contributed by atoms with Crippen LogP contribution in [0.25, 0.3) is 0 Å². The zero-order chi connectivity index (χ0) is 19.9. The molecule has 28 heavy (non-hydrogen) atoms. The highest BCUT2D eigenvalue weighted by Crippen LogP contribution is 2.34. The summed E-state index contributed by atoms with van der Waals surface area (Å²) >= 11 is 0. The number of nitrogens with one attached hydrogen (secondary N) is 2. The number of fused-ring (bicyclic) bond motifs is 1. The van der Waals surface area contributed by atoms with Crippen molar-refractivity contribution in [3.63, 3.8) is 0 Å². The summed E-state index contributed by atoms with van der Waals surface area (Å²) in [5.41, 5.74) is 6.54. The summed E-state index contributed by atoms with van der Waals surface area (Å²) in [4.78, 5) is 23.1. The Balaban J connectivity index is 1.61. The van der Waals surface area contributed by atoms with Crippen LogP contribution in [0.4, 0.5) is 5.69 Å². The highest BCUT2D eigenvalue weighted by molar-refractivity contribution is 7.89. The number of benzene rings is 1. The van der Waals surface area contributed by atoms with Crippen molar-refractivity contribution in [2.75, 3.05) is 25.0 Å². The third-order valence-electron chi connectivity index (χ3n) is 4.95. The molecule has 4 N–H and O–H groups in total. The lowest BCUT2D eigenvalue weighted by Gasteiger charge is -2.32. The van der Waals surface area contributed by atoms with Gasteiger partial charge in [-0.1, -0.05) is 0 Å². The number of aromatic amines is 1. The van der Waals surface area contributed by atoms with Gasteiger partial charge in [0.25, 0.3) is 11.8 Å². The largest absolute Gasteiger partial charge is 0.482 e. The van der Waals surface area contributed by atoms with E-state index in [1.165, 1.54) is 28.7 Å². The summed E-state index contributed by atoms with van der Waals surface area (Å²) in [6, 6.07) is 4.39. The molecule has 2 amide bonds. The summed E-state index contributed by atoms with van der Waals surface area (Å²) in [6.45, 7) is 0.461. The number of H-pyrrole nitrogens is 1. The van der Waals surface area contributed by atoms with E-state index < -0.39 is 15.9 Å². The SMILES string of the molecule is NC(=O)c1cn[nH]c1[C@H]1CCCN(S(=O)(=O)c2ccc3c(c2)NC(=O)CO3)C1. The van der Waals surface area contributed by atoms with Gasteiger partial charge in [-0.3, -0.25) is 14.7 Å². The first-order valence-electron chi connectivity index (χ1n) is 8.76. The van der Waals surface area contributed by atoms with E-state index in [4.69, 9.17) is 10.5 Å². The highest BCUT2D eigenvalue weighted by atomic mass is 32.2. The Hall–Kier alpha value is -2.92. The van der Waals surface area contributed by atoms with Crippen molar-refractivity contribution in [1.29, 1.82) is 0 Å². The predicted octanol–water partition coefficient (Wildman–Crippen LogP) is 0.408. The van der Waals surface area contributed by atoms with Crippen LogP contribution in [0.15, 0.2) is 29.3 Å². The standard InChI is InChI=1S/C17H19N5O5S/c18-17(24)12-7-19-21-16(12)10-2-1-5-22(8-10)28(25,26)11-3-4-14-13(6-11)20-15(23)9-27-14/h3-4,6-7,10H,1-2,5,8-9H2,(H2,18,24)(H,19,21)(H,20,23)/t10-/m0/s1. The van der Waals surface area contributed by atoms with Gasteiger partial charge in [0.05, 0.1) is 28.0 Å². The zero-order valence-corrected chi connectivity index (χ0v) is 15.7. The number of carbonyl (C=O) groups is 2. The van der Waals surface area contributed by atoms with Gasteiger partial charge in [0, 0.05) is 19.0 Å². The van der Waals surface area contributed by atoms with Crippen molar-refractivity contribution in [3.05, 3.63) is 35.7 Å². The first-order chi connectivity index (χ1) is 13.4. The molecule has 1 aromatic heterocycles. The number of hydrogen-bond acceptors (Lipinski definition) is 6. The van der Waals surface area contributed by atoms with E-state index in [-0.39, 0.29) is 35.4 Å². The predicted molar refractivity (Wildman–Crippen MR) is 98.4 cm³/mol. The van der Waals surface area contributed by atoms with Crippen molar-refractivity contribution in [3.8, 4) is 5.75 Å². The van der Waals surface area contributed by atoms with Crippen molar-refractivity contribution in [1.82, 2.24) is 14.5 Å². The normalized spacial score (nSPS) is 20.1. The molecule has 0 saturated carbocycles. The van der Waals surface area contributed by atoms with E-state index in [9.17, 15) is 18.0 Å². The van der Waals surface area contributed by atoms with Crippen molar-refractivity contribution < 1.29 is 22.7 Å². The molecule has 0 spiro atoms. The number of sulfonamides is 1. The van der Waals surface area contributed by atoms with Crippen LogP contribution in [-0.2, 0) is 14.8 Å². The van der Waals surface area contributed by atoms with Crippen molar-refractivity contribution in [2.45, 2.75) is 23.7 Å². The number of amides is 2. The molecule has 2 aliphatic heterocycles. The number of ether oxygens (including phenoxy) is 1. The van der Waals surface area contributed by atoms with Crippen LogP contribution >= 0.6 is 0 Å². The van der Waals surface area contributed by atoms with Crippen LogP contribution in [0.5, 0.6) is 5.75 Å². The topological polar surface area (TPSA) is 147 Å². The second-order valence-electron chi connectivity index (χ2n) is 6.76. The van der Waals surface area contributed by atoms with Gasteiger partial charge in [-0.25, -0.2) is 8.42 Å². The van der Waals surface area contributed by atoms with Crippen LogP contribution < -0.4 is 15.8 Å². The Kier molecular flexibility index (Phi) is 4.55. The van der Waals surface area contributed by atoms with Crippen LogP contribution in [0.3, 0.4) is 0 Å². The molecule has 10 nitrogen and oxygen atoms in total. The maximum Gasteiger partial charge on any atom is 0.262 e. The number of piperidine rings is 1. The van der Waals surface area contributed by atoms with Gasteiger partial charge in [-0.2, -0.15) is 9.40 Å². The molecule has 11 heteroatoms. The summed E-state index contributed by atoms with van der Waals surface area (Å²) in [5, 5.41) is 9.26. The Labute approximate surface area is 161 Å². The van der Waals surface area contributed by atoms with Gasteiger partial charge in [0.2, 0.25) is 10.0 Å². The van der Waals surface area contributed by atoms with E-state index in [0.29, 0.717) is 36.5 Å². The van der Waals surface area contributed by atoms with Gasteiger partial charge >= 0.3 is 0 Å². The minimum atomic E-state index is -3.79. The molecule has 0 aliphatic carbocycles. The molecule has 1 saturated heterocycles. The minimum Gasteiger partial charge on any atom is -0.482 e. The van der Waals surface area contributed by atoms with Gasteiger partial charge < -0.3 is 15.8 Å². The number of primary amides is 1. The highest BCUT2D eigenvalue weighted by Gasteiger charge is 2.33. The van der Waals surface area contributed by atoms with E-state index in [2.05, 4.69) is 15.5 Å². The van der Waals surface area contributed by atoms with Crippen LogP contribution in [0.1, 0.15) is 34.8 Å². The Morgan fingerprint density at radius 1 is 1.36 bits per heavy atom. The number of rotatable bonds is 4. The van der Waals surface area contributed by atoms with E-state index in [0.717, 1.165) is 0 Å². The van der Waals surface area contributed by atoms with Crippen molar-refractivity contribution >= 4 is 27.5 Å². The molecular formula is C17H19N5O5S. The van der Waals surface area contributed by atoms with E-state index >= 15 is 0 Å². The summed E-state index contributed by atoms with van der Waals surface area (Å²) in [5.74, 6) is -0.722. The van der Waals surface area contributed by atoms with Crippen LogP contribution in [0.2, 0.25) is 0 Å². The van der Waals surface area contributed by atoms with Crippen molar-refractivity contribution in [2.24, 2.45) is 5.73 Å². The molecular weight excluding hydrogens is 386 g/mol. The fourth-order valence-corrected chi connectivity index (χ4v) is 5.12. The molecule has 2 aliphatic rings. The first-order valence-corrected chi connectivity index (χ1v) is 10.2. The molecule has 0 radical (unpaired) electrons. The monoisotopic (exact) mass is 405 g/mol.